The van der Waals surface area contributed by atoms with Crippen LogP contribution in [0.15, 0.2) is 30.5 Å². The van der Waals surface area contributed by atoms with Crippen molar-refractivity contribution in [2.75, 3.05) is 7.11 Å². The maximum absolute atomic E-state index is 8.79. The van der Waals surface area contributed by atoms with E-state index in [0.29, 0.717) is 5.02 Å². The zero-order chi connectivity index (χ0) is 13.1. The molecule has 0 aliphatic heterocycles. The number of halogens is 1. The van der Waals surface area contributed by atoms with Gasteiger partial charge >= 0.3 is 0 Å². The van der Waals surface area contributed by atoms with Gasteiger partial charge in [0.2, 0.25) is 0 Å². The summed E-state index contributed by atoms with van der Waals surface area (Å²) in [6.07, 6.45) is 1.65. The number of methoxy groups -OCH3 is 1. The highest BCUT2D eigenvalue weighted by atomic mass is 35.5. The molecule has 2 aromatic rings. The predicted octanol–water partition coefficient (Wildman–Crippen LogP) is 3.59. The summed E-state index contributed by atoms with van der Waals surface area (Å²) in [4.78, 5) is 4.03. The third-order valence-electron chi connectivity index (χ3n) is 2.69. The van der Waals surface area contributed by atoms with E-state index in [2.05, 4.69) is 4.98 Å². The van der Waals surface area contributed by atoms with Crippen molar-refractivity contribution in [3.05, 3.63) is 46.7 Å². The molecule has 0 unspecified atom stereocenters. The summed E-state index contributed by atoms with van der Waals surface area (Å²) in [5.74, 6) is 0.809. The Labute approximate surface area is 111 Å². The van der Waals surface area contributed by atoms with E-state index in [1.807, 2.05) is 31.2 Å². The largest absolute Gasteiger partial charge is 0.497 e. The van der Waals surface area contributed by atoms with Crippen LogP contribution in [0, 0.1) is 18.3 Å². The molecule has 4 heteroatoms. The van der Waals surface area contributed by atoms with Gasteiger partial charge in [0.05, 0.1) is 12.1 Å². The van der Waals surface area contributed by atoms with Crippen molar-refractivity contribution in [1.29, 1.82) is 5.26 Å². The van der Waals surface area contributed by atoms with E-state index >= 15 is 0 Å². The van der Waals surface area contributed by atoms with Gasteiger partial charge in [-0.1, -0.05) is 17.7 Å². The molecule has 1 aromatic carbocycles. The number of aromatic nitrogens is 1. The van der Waals surface area contributed by atoms with Gasteiger partial charge in [-0.2, -0.15) is 5.26 Å². The number of nitrogens with zero attached hydrogens (tertiary/aromatic N) is 2. The quantitative estimate of drug-likeness (QED) is 0.827. The van der Waals surface area contributed by atoms with Crippen LogP contribution in [-0.4, -0.2) is 12.1 Å². The lowest BCUT2D eigenvalue weighted by Crippen LogP contribution is -1.90. The average molecular weight is 259 g/mol. The lowest BCUT2D eigenvalue weighted by atomic mass is 10.0. The molecule has 90 valence electrons. The van der Waals surface area contributed by atoms with Crippen LogP contribution in [0.1, 0.15) is 11.3 Å². The summed E-state index contributed by atoms with van der Waals surface area (Å²) in [5, 5.41) is 9.16. The van der Waals surface area contributed by atoms with Crippen LogP contribution in [-0.2, 0) is 0 Å². The third-order valence-corrected chi connectivity index (χ3v) is 2.98. The lowest BCUT2D eigenvalue weighted by Gasteiger charge is -2.08. The number of hydrogen-bond donors (Lipinski definition) is 0. The molecular weight excluding hydrogens is 248 g/mol. The van der Waals surface area contributed by atoms with Crippen LogP contribution in [0.2, 0.25) is 5.02 Å². The minimum Gasteiger partial charge on any atom is -0.497 e. The van der Waals surface area contributed by atoms with Gasteiger partial charge in [-0.25, -0.2) is 4.98 Å². The van der Waals surface area contributed by atoms with Crippen LogP contribution in [0.4, 0.5) is 0 Å². The van der Waals surface area contributed by atoms with Gasteiger partial charge in [0.1, 0.15) is 11.8 Å². The molecule has 3 nitrogen and oxygen atoms in total. The fourth-order valence-corrected chi connectivity index (χ4v) is 1.96. The lowest BCUT2D eigenvalue weighted by molar-refractivity contribution is 0.414. The molecule has 18 heavy (non-hydrogen) atoms. The topological polar surface area (TPSA) is 45.9 Å². The second kappa shape index (κ2) is 5.07. The molecule has 1 aromatic heterocycles. The molecule has 0 saturated carbocycles. The molecule has 0 radical (unpaired) electrons. The average Bonchev–Trinajstić information content (AvgIpc) is 2.38. The summed E-state index contributed by atoms with van der Waals surface area (Å²) in [6, 6.07) is 9.48. The van der Waals surface area contributed by atoms with Gasteiger partial charge in [0.25, 0.3) is 0 Å². The molecule has 0 bridgehead atoms. The van der Waals surface area contributed by atoms with E-state index in [1.165, 1.54) is 0 Å². The fourth-order valence-electron chi connectivity index (χ4n) is 1.75. The normalized spacial score (nSPS) is 9.89. The Morgan fingerprint density at radius 3 is 2.67 bits per heavy atom. The number of nitriles is 1. The highest BCUT2D eigenvalue weighted by Gasteiger charge is 2.07. The van der Waals surface area contributed by atoms with Crippen LogP contribution in [0.3, 0.4) is 0 Å². The van der Waals surface area contributed by atoms with E-state index in [-0.39, 0.29) is 5.69 Å². The molecule has 2 rings (SSSR count). The van der Waals surface area contributed by atoms with Crippen molar-refractivity contribution in [3.8, 4) is 22.9 Å². The van der Waals surface area contributed by atoms with Crippen molar-refractivity contribution < 1.29 is 4.74 Å². The van der Waals surface area contributed by atoms with Crippen molar-refractivity contribution in [1.82, 2.24) is 4.98 Å². The smallest absolute Gasteiger partial charge is 0.159 e. The van der Waals surface area contributed by atoms with E-state index in [0.717, 1.165) is 22.4 Å². The Bertz CT molecular complexity index is 632. The monoisotopic (exact) mass is 258 g/mol. The number of benzene rings is 1. The molecule has 0 fully saturated rings. The second-order valence-corrected chi connectivity index (χ2v) is 4.25. The van der Waals surface area contributed by atoms with Crippen LogP contribution in [0.25, 0.3) is 11.1 Å². The minimum atomic E-state index is 0.242. The fraction of sp³-hybridized carbons (Fsp3) is 0.143. The first-order chi connectivity index (χ1) is 8.65. The maximum atomic E-state index is 8.79. The minimum absolute atomic E-state index is 0.242. The standard InChI is InChI=1S/C14H11ClN2O/c1-9-5-11(18-2)3-4-12(9)10-6-13(15)14(7-16)17-8-10/h3-6,8H,1-2H3. The number of pyridine rings is 1. The van der Waals surface area contributed by atoms with Crippen LogP contribution >= 0.6 is 11.6 Å². The summed E-state index contributed by atoms with van der Waals surface area (Å²) < 4.78 is 5.16. The van der Waals surface area contributed by atoms with E-state index in [1.54, 1.807) is 19.4 Å². The first-order valence-electron chi connectivity index (χ1n) is 5.36. The second-order valence-electron chi connectivity index (χ2n) is 3.85. The van der Waals surface area contributed by atoms with Crippen molar-refractivity contribution in [2.45, 2.75) is 6.92 Å². The molecule has 0 atom stereocenters. The summed E-state index contributed by atoms with van der Waals surface area (Å²) in [7, 11) is 1.63. The first-order valence-corrected chi connectivity index (χ1v) is 5.74. The molecule has 0 aliphatic carbocycles. The number of aryl methyl sites for hydroxylation is 1. The summed E-state index contributed by atoms with van der Waals surface area (Å²) in [6.45, 7) is 1.99. The summed E-state index contributed by atoms with van der Waals surface area (Å²) in [5.41, 5.74) is 3.22. The highest BCUT2D eigenvalue weighted by Crippen LogP contribution is 2.28. The number of hydrogen-bond acceptors (Lipinski definition) is 3. The van der Waals surface area contributed by atoms with Gasteiger partial charge < -0.3 is 4.74 Å². The van der Waals surface area contributed by atoms with Crippen LogP contribution < -0.4 is 4.74 Å². The molecule has 1 heterocycles. The molecule has 0 saturated heterocycles. The number of rotatable bonds is 2. The zero-order valence-electron chi connectivity index (χ0n) is 10.1. The summed E-state index contributed by atoms with van der Waals surface area (Å²) >= 11 is 5.98. The van der Waals surface area contributed by atoms with Crippen molar-refractivity contribution in [2.24, 2.45) is 0 Å². The maximum Gasteiger partial charge on any atom is 0.159 e. The van der Waals surface area contributed by atoms with Crippen molar-refractivity contribution in [3.63, 3.8) is 0 Å². The van der Waals surface area contributed by atoms with E-state index in [9.17, 15) is 0 Å². The SMILES string of the molecule is COc1ccc(-c2cnc(C#N)c(Cl)c2)c(C)c1. The van der Waals surface area contributed by atoms with E-state index < -0.39 is 0 Å². The molecule has 0 aliphatic rings. The van der Waals surface area contributed by atoms with Gasteiger partial charge in [0.15, 0.2) is 5.69 Å². The molecule has 0 amide bonds. The Hall–Kier alpha value is -2.05. The molecular formula is C14H11ClN2O. The Morgan fingerprint density at radius 2 is 2.11 bits per heavy atom. The Morgan fingerprint density at radius 1 is 1.33 bits per heavy atom. The molecule has 0 N–H and O–H groups in total. The predicted molar refractivity (Wildman–Crippen MR) is 70.7 cm³/mol. The van der Waals surface area contributed by atoms with Gasteiger partial charge in [0, 0.05) is 11.8 Å². The van der Waals surface area contributed by atoms with Crippen molar-refractivity contribution >= 4 is 11.6 Å². The Balaban J connectivity index is 2.49. The van der Waals surface area contributed by atoms with Gasteiger partial charge in [-0.15, -0.1) is 0 Å². The molecule has 0 spiro atoms. The Kier molecular flexibility index (Phi) is 3.50. The van der Waals surface area contributed by atoms with Gasteiger partial charge in [-0.05, 0) is 36.2 Å². The zero-order valence-corrected chi connectivity index (χ0v) is 10.8. The van der Waals surface area contributed by atoms with Gasteiger partial charge in [-0.3, -0.25) is 0 Å². The first kappa shape index (κ1) is 12.4. The van der Waals surface area contributed by atoms with Crippen LogP contribution in [0.5, 0.6) is 5.75 Å². The highest BCUT2D eigenvalue weighted by molar-refractivity contribution is 6.31. The third kappa shape index (κ3) is 2.29. The number of ether oxygens (including phenoxy) is 1. The van der Waals surface area contributed by atoms with E-state index in [4.69, 9.17) is 21.6 Å².